The minimum Gasteiger partial charge on any atom is -0.299 e. The van der Waals surface area contributed by atoms with Gasteiger partial charge in [0, 0.05) is 11.8 Å². The van der Waals surface area contributed by atoms with E-state index in [1.807, 2.05) is 6.08 Å². The molecule has 0 aromatic heterocycles. The van der Waals surface area contributed by atoms with Crippen molar-refractivity contribution in [3.8, 4) is 0 Å². The largest absolute Gasteiger partial charge is 0.299 e. The van der Waals surface area contributed by atoms with Crippen molar-refractivity contribution in [2.45, 2.75) is 72.1 Å². The van der Waals surface area contributed by atoms with Crippen LogP contribution in [0.15, 0.2) is 22.8 Å². The quantitative estimate of drug-likeness (QED) is 0.697. The molecule has 2 nitrogen and oxygen atoms in total. The fourth-order valence-electron chi connectivity index (χ4n) is 6.38. The van der Waals surface area contributed by atoms with Gasteiger partial charge in [0.25, 0.3) is 0 Å². The average molecular weight is 312 g/mol. The molecular formula is C21H28O2. The Morgan fingerprint density at radius 1 is 1.09 bits per heavy atom. The minimum absolute atomic E-state index is 0.132. The van der Waals surface area contributed by atoms with Crippen molar-refractivity contribution in [2.75, 3.05) is 0 Å². The first-order valence-corrected chi connectivity index (χ1v) is 9.33. The lowest BCUT2D eigenvalue weighted by atomic mass is 9.52. The van der Waals surface area contributed by atoms with Crippen LogP contribution in [0.5, 0.6) is 0 Å². The van der Waals surface area contributed by atoms with Gasteiger partial charge in [-0.05, 0) is 86.3 Å². The minimum atomic E-state index is -0.132. The highest BCUT2D eigenvalue weighted by Gasteiger charge is 2.60. The molecule has 4 rings (SSSR count). The SMILES string of the molecule is CC(=O)[C@@]1(C)CCC2C3CCC4=CC(=O)CCC4=C3CCC21C. The number of ketones is 2. The second-order valence-electron chi connectivity index (χ2n) is 8.74. The van der Waals surface area contributed by atoms with Gasteiger partial charge in [-0.3, -0.25) is 9.59 Å². The fraction of sp³-hybridized carbons (Fsp3) is 0.714. The average Bonchev–Trinajstić information content (AvgIpc) is 2.80. The molecule has 0 aromatic rings. The Kier molecular flexibility index (Phi) is 3.28. The summed E-state index contributed by atoms with van der Waals surface area (Å²) in [5.74, 6) is 2.02. The van der Waals surface area contributed by atoms with Gasteiger partial charge < -0.3 is 0 Å². The first-order chi connectivity index (χ1) is 10.9. The fourth-order valence-corrected chi connectivity index (χ4v) is 6.38. The predicted octanol–water partition coefficient (Wildman–Crippen LogP) is 4.79. The lowest BCUT2D eigenvalue weighted by Crippen LogP contribution is -2.47. The van der Waals surface area contributed by atoms with Crippen molar-refractivity contribution in [3.05, 3.63) is 22.8 Å². The Labute approximate surface area is 139 Å². The van der Waals surface area contributed by atoms with Gasteiger partial charge in [-0.2, -0.15) is 0 Å². The molecule has 4 aliphatic rings. The summed E-state index contributed by atoms with van der Waals surface area (Å²) in [4.78, 5) is 24.1. The van der Waals surface area contributed by atoms with E-state index in [1.54, 1.807) is 12.5 Å². The van der Waals surface area contributed by atoms with Crippen molar-refractivity contribution in [1.82, 2.24) is 0 Å². The van der Waals surface area contributed by atoms with Crippen molar-refractivity contribution >= 4 is 11.6 Å². The summed E-state index contributed by atoms with van der Waals surface area (Å²) < 4.78 is 0. The summed E-state index contributed by atoms with van der Waals surface area (Å²) in [5, 5.41) is 0. The summed E-state index contributed by atoms with van der Waals surface area (Å²) in [6.07, 6.45) is 10.4. The highest BCUT2D eigenvalue weighted by molar-refractivity contribution is 5.93. The van der Waals surface area contributed by atoms with Crippen molar-refractivity contribution in [2.24, 2.45) is 22.7 Å². The van der Waals surface area contributed by atoms with Gasteiger partial charge in [0.1, 0.15) is 5.78 Å². The first-order valence-electron chi connectivity index (χ1n) is 9.33. The van der Waals surface area contributed by atoms with E-state index in [-0.39, 0.29) is 10.8 Å². The number of hydrogen-bond acceptors (Lipinski definition) is 2. The molecule has 0 radical (unpaired) electrons. The summed E-state index contributed by atoms with van der Waals surface area (Å²) in [5.41, 5.74) is 4.55. The smallest absolute Gasteiger partial charge is 0.156 e. The lowest BCUT2D eigenvalue weighted by Gasteiger charge is -2.52. The van der Waals surface area contributed by atoms with Crippen LogP contribution in [0.2, 0.25) is 0 Å². The molecule has 2 saturated carbocycles. The summed E-state index contributed by atoms with van der Waals surface area (Å²) >= 11 is 0. The molecule has 0 aromatic carbocycles. The Balaban J connectivity index is 1.74. The Bertz CT molecular complexity index is 653. The van der Waals surface area contributed by atoms with Gasteiger partial charge >= 0.3 is 0 Å². The third kappa shape index (κ3) is 1.93. The van der Waals surface area contributed by atoms with Crippen LogP contribution in [-0.4, -0.2) is 11.6 Å². The number of fused-ring (bicyclic) bond motifs is 4. The van der Waals surface area contributed by atoms with Crippen LogP contribution in [0.25, 0.3) is 0 Å². The third-order valence-electron chi connectivity index (χ3n) is 8.11. The van der Waals surface area contributed by atoms with Gasteiger partial charge in [0.2, 0.25) is 0 Å². The zero-order chi connectivity index (χ0) is 16.4. The normalized spacial score (nSPS) is 42.7. The summed E-state index contributed by atoms with van der Waals surface area (Å²) in [6, 6.07) is 0. The van der Waals surface area contributed by atoms with E-state index < -0.39 is 0 Å². The molecule has 4 aliphatic carbocycles. The van der Waals surface area contributed by atoms with Crippen LogP contribution in [0.3, 0.4) is 0 Å². The standard InChI is InChI=1S/C21H28O2/c1-13(22)20(2)11-9-19-18-6-4-14-12-15(23)5-7-16(14)17(18)8-10-21(19,20)3/h12,18-19H,4-11H2,1-3H3/t18?,19?,20-,21?/m1/s1. The van der Waals surface area contributed by atoms with E-state index >= 15 is 0 Å². The van der Waals surface area contributed by atoms with Gasteiger partial charge in [-0.25, -0.2) is 0 Å². The topological polar surface area (TPSA) is 34.1 Å². The molecule has 0 spiro atoms. The Hall–Kier alpha value is -1.18. The van der Waals surface area contributed by atoms with Crippen LogP contribution in [-0.2, 0) is 9.59 Å². The van der Waals surface area contributed by atoms with Gasteiger partial charge in [0.05, 0.1) is 0 Å². The van der Waals surface area contributed by atoms with E-state index in [0.717, 1.165) is 32.1 Å². The molecule has 124 valence electrons. The molecule has 0 heterocycles. The predicted molar refractivity (Wildman–Crippen MR) is 90.9 cm³/mol. The maximum absolute atomic E-state index is 12.4. The van der Waals surface area contributed by atoms with E-state index in [2.05, 4.69) is 13.8 Å². The number of hydrogen-bond donors (Lipinski definition) is 0. The Morgan fingerprint density at radius 2 is 1.87 bits per heavy atom. The van der Waals surface area contributed by atoms with Crippen LogP contribution in [0.1, 0.15) is 72.1 Å². The maximum atomic E-state index is 12.4. The van der Waals surface area contributed by atoms with E-state index in [0.29, 0.717) is 29.8 Å². The summed E-state index contributed by atoms with van der Waals surface area (Å²) in [6.45, 7) is 6.42. The van der Waals surface area contributed by atoms with E-state index in [4.69, 9.17) is 0 Å². The molecule has 2 heteroatoms. The van der Waals surface area contributed by atoms with Crippen LogP contribution >= 0.6 is 0 Å². The van der Waals surface area contributed by atoms with Crippen LogP contribution < -0.4 is 0 Å². The number of carbonyl (C=O) groups excluding carboxylic acids is 2. The van der Waals surface area contributed by atoms with Crippen molar-refractivity contribution in [1.29, 1.82) is 0 Å². The molecule has 3 unspecified atom stereocenters. The number of Topliss-reactive ketones (excluding diaryl/α,β-unsaturated/α-hetero) is 1. The molecule has 0 aliphatic heterocycles. The molecule has 0 bridgehead atoms. The summed E-state index contributed by atoms with van der Waals surface area (Å²) in [7, 11) is 0. The van der Waals surface area contributed by atoms with Crippen LogP contribution in [0, 0.1) is 22.7 Å². The number of carbonyl (C=O) groups is 2. The second-order valence-corrected chi connectivity index (χ2v) is 8.74. The molecule has 0 amide bonds. The third-order valence-corrected chi connectivity index (χ3v) is 8.11. The maximum Gasteiger partial charge on any atom is 0.156 e. The van der Waals surface area contributed by atoms with E-state index in [9.17, 15) is 9.59 Å². The highest BCUT2D eigenvalue weighted by atomic mass is 16.1. The van der Waals surface area contributed by atoms with Gasteiger partial charge in [-0.1, -0.05) is 19.4 Å². The van der Waals surface area contributed by atoms with Gasteiger partial charge in [-0.15, -0.1) is 0 Å². The molecular weight excluding hydrogens is 284 g/mol. The second kappa shape index (κ2) is 4.91. The highest BCUT2D eigenvalue weighted by Crippen LogP contribution is 2.66. The van der Waals surface area contributed by atoms with Crippen molar-refractivity contribution < 1.29 is 9.59 Å². The van der Waals surface area contributed by atoms with Crippen LogP contribution in [0.4, 0.5) is 0 Å². The molecule has 0 N–H and O–H groups in total. The first kappa shape index (κ1) is 15.4. The number of rotatable bonds is 1. The van der Waals surface area contributed by atoms with Crippen molar-refractivity contribution in [3.63, 3.8) is 0 Å². The lowest BCUT2D eigenvalue weighted by molar-refractivity contribution is -0.134. The monoisotopic (exact) mass is 312 g/mol. The van der Waals surface area contributed by atoms with E-state index in [1.165, 1.54) is 24.0 Å². The molecule has 0 saturated heterocycles. The molecule has 2 fully saturated rings. The van der Waals surface area contributed by atoms with Gasteiger partial charge in [0.15, 0.2) is 5.78 Å². The number of allylic oxidation sites excluding steroid dienone is 4. The zero-order valence-corrected chi connectivity index (χ0v) is 14.7. The Morgan fingerprint density at radius 3 is 2.61 bits per heavy atom. The molecule has 23 heavy (non-hydrogen) atoms. The molecule has 4 atom stereocenters. The zero-order valence-electron chi connectivity index (χ0n) is 14.7.